The highest BCUT2D eigenvalue weighted by Gasteiger charge is 2.28. The van der Waals surface area contributed by atoms with E-state index in [2.05, 4.69) is 34.1 Å². The summed E-state index contributed by atoms with van der Waals surface area (Å²) in [5.74, 6) is -0.0753. The van der Waals surface area contributed by atoms with Gasteiger partial charge in [-0.05, 0) is 36.7 Å². The average Bonchev–Trinajstić information content (AvgIpc) is 3.04. The highest BCUT2D eigenvalue weighted by Crippen LogP contribution is 2.22. The Hall–Kier alpha value is -2.20. The number of hydrogen-bond donors (Lipinski definition) is 0. The molecule has 0 saturated carbocycles. The number of likely N-dealkylation sites (tertiary alicyclic amines) is 1. The molecule has 1 atom stereocenters. The quantitative estimate of drug-likeness (QED) is 0.814. The van der Waals surface area contributed by atoms with Gasteiger partial charge in [0.1, 0.15) is 0 Å². The summed E-state index contributed by atoms with van der Waals surface area (Å²) in [7, 11) is 1.46. The van der Waals surface area contributed by atoms with E-state index < -0.39 is 0 Å². The largest absolute Gasteiger partial charge is 0.469 e. The summed E-state index contributed by atoms with van der Waals surface area (Å²) in [6, 6.07) is 14.4. The molecule has 1 aliphatic rings. The molecule has 0 radical (unpaired) electrons. The van der Waals surface area contributed by atoms with Crippen molar-refractivity contribution in [2.75, 3.05) is 20.2 Å². The Morgan fingerprint density at radius 3 is 3.00 bits per heavy atom. The van der Waals surface area contributed by atoms with Gasteiger partial charge in [0, 0.05) is 24.8 Å². The fourth-order valence-electron chi connectivity index (χ4n) is 2.96. The molecule has 0 N–H and O–H groups in total. The van der Waals surface area contributed by atoms with E-state index >= 15 is 0 Å². The molecule has 114 valence electrons. The fourth-order valence-corrected chi connectivity index (χ4v) is 2.96. The second-order valence-electron chi connectivity index (χ2n) is 5.66. The van der Waals surface area contributed by atoms with E-state index in [0.717, 1.165) is 37.3 Å². The molecular weight excluding hydrogens is 276 g/mol. The monoisotopic (exact) mass is 296 g/mol. The number of rotatable bonds is 4. The minimum atomic E-state index is -0.0928. The number of carbonyl (C=O) groups is 1. The summed E-state index contributed by atoms with van der Waals surface area (Å²) >= 11 is 0. The minimum Gasteiger partial charge on any atom is -0.469 e. The summed E-state index contributed by atoms with van der Waals surface area (Å²) in [6.45, 7) is 2.57. The van der Waals surface area contributed by atoms with Crippen molar-refractivity contribution >= 4 is 5.97 Å². The Morgan fingerprint density at radius 1 is 1.32 bits per heavy atom. The van der Waals surface area contributed by atoms with Gasteiger partial charge in [-0.2, -0.15) is 0 Å². The number of methoxy groups -OCH3 is 1. The molecule has 1 aliphatic heterocycles. The first-order chi connectivity index (χ1) is 10.8. The molecule has 4 heteroatoms. The van der Waals surface area contributed by atoms with Crippen LogP contribution in [0.1, 0.15) is 12.0 Å². The van der Waals surface area contributed by atoms with Gasteiger partial charge in [0.15, 0.2) is 0 Å². The number of aromatic nitrogens is 1. The van der Waals surface area contributed by atoms with Crippen molar-refractivity contribution in [3.8, 4) is 11.3 Å². The summed E-state index contributed by atoms with van der Waals surface area (Å²) in [4.78, 5) is 18.3. The van der Waals surface area contributed by atoms with Gasteiger partial charge in [0.2, 0.25) is 0 Å². The highest BCUT2D eigenvalue weighted by molar-refractivity contribution is 5.72. The van der Waals surface area contributed by atoms with Crippen LogP contribution >= 0.6 is 0 Å². The van der Waals surface area contributed by atoms with Crippen LogP contribution in [0, 0.1) is 5.92 Å². The van der Waals surface area contributed by atoms with E-state index in [1.807, 2.05) is 24.4 Å². The van der Waals surface area contributed by atoms with E-state index in [0.29, 0.717) is 0 Å². The number of pyridine rings is 1. The van der Waals surface area contributed by atoms with Gasteiger partial charge < -0.3 is 4.74 Å². The van der Waals surface area contributed by atoms with Crippen LogP contribution in [0.3, 0.4) is 0 Å². The molecule has 0 aliphatic carbocycles. The van der Waals surface area contributed by atoms with E-state index in [9.17, 15) is 4.79 Å². The normalized spacial score (nSPS) is 18.3. The fraction of sp³-hybridized carbons (Fsp3) is 0.333. The Labute approximate surface area is 130 Å². The van der Waals surface area contributed by atoms with Crippen molar-refractivity contribution in [1.82, 2.24) is 9.88 Å². The zero-order valence-electron chi connectivity index (χ0n) is 12.7. The van der Waals surface area contributed by atoms with Crippen LogP contribution in [-0.2, 0) is 16.1 Å². The zero-order valence-corrected chi connectivity index (χ0v) is 12.7. The number of ether oxygens (including phenoxy) is 1. The summed E-state index contributed by atoms with van der Waals surface area (Å²) in [5, 5.41) is 0. The number of esters is 1. The summed E-state index contributed by atoms with van der Waals surface area (Å²) in [6.07, 6.45) is 2.69. The maximum atomic E-state index is 11.6. The SMILES string of the molecule is COC(=O)[C@@H]1CCN(Cc2cccc(-c3ccccn3)c2)C1. The van der Waals surface area contributed by atoms with Crippen molar-refractivity contribution in [1.29, 1.82) is 0 Å². The van der Waals surface area contributed by atoms with Crippen LogP contribution in [0.25, 0.3) is 11.3 Å². The lowest BCUT2D eigenvalue weighted by Crippen LogP contribution is -2.23. The first-order valence-electron chi connectivity index (χ1n) is 7.57. The molecule has 1 aromatic carbocycles. The van der Waals surface area contributed by atoms with Crippen molar-refractivity contribution < 1.29 is 9.53 Å². The van der Waals surface area contributed by atoms with E-state index in [4.69, 9.17) is 4.74 Å². The lowest BCUT2D eigenvalue weighted by Gasteiger charge is -2.16. The Balaban J connectivity index is 1.68. The van der Waals surface area contributed by atoms with Gasteiger partial charge in [0.25, 0.3) is 0 Å². The third kappa shape index (κ3) is 3.34. The molecule has 3 rings (SSSR count). The van der Waals surface area contributed by atoms with E-state index in [1.54, 1.807) is 0 Å². The molecule has 2 aromatic rings. The van der Waals surface area contributed by atoms with Crippen LogP contribution in [0.15, 0.2) is 48.7 Å². The maximum absolute atomic E-state index is 11.6. The Kier molecular flexibility index (Phi) is 4.49. The molecule has 0 bridgehead atoms. The zero-order chi connectivity index (χ0) is 15.4. The summed E-state index contributed by atoms with van der Waals surface area (Å²) in [5.41, 5.74) is 3.36. The number of nitrogens with zero attached hydrogens (tertiary/aromatic N) is 2. The Bertz CT molecular complexity index is 643. The third-order valence-electron chi connectivity index (χ3n) is 4.10. The van der Waals surface area contributed by atoms with Gasteiger partial charge in [-0.3, -0.25) is 14.7 Å². The van der Waals surface area contributed by atoms with Gasteiger partial charge in [-0.25, -0.2) is 0 Å². The molecule has 2 heterocycles. The first kappa shape index (κ1) is 14.7. The van der Waals surface area contributed by atoms with Crippen molar-refractivity contribution in [2.45, 2.75) is 13.0 Å². The predicted molar refractivity (Wildman–Crippen MR) is 85.1 cm³/mol. The Morgan fingerprint density at radius 2 is 2.23 bits per heavy atom. The van der Waals surface area contributed by atoms with Crippen LogP contribution in [0.4, 0.5) is 0 Å². The lowest BCUT2D eigenvalue weighted by molar-refractivity contribution is -0.144. The van der Waals surface area contributed by atoms with Crippen molar-refractivity contribution in [2.24, 2.45) is 5.92 Å². The molecular formula is C18H20N2O2. The van der Waals surface area contributed by atoms with Gasteiger partial charge in [0.05, 0.1) is 18.7 Å². The molecule has 1 saturated heterocycles. The molecule has 1 aromatic heterocycles. The maximum Gasteiger partial charge on any atom is 0.310 e. The van der Waals surface area contributed by atoms with Gasteiger partial charge in [-0.15, -0.1) is 0 Å². The topological polar surface area (TPSA) is 42.4 Å². The third-order valence-corrected chi connectivity index (χ3v) is 4.10. The average molecular weight is 296 g/mol. The lowest BCUT2D eigenvalue weighted by atomic mass is 10.1. The molecule has 1 fully saturated rings. The molecule has 0 amide bonds. The molecule has 22 heavy (non-hydrogen) atoms. The molecule has 0 unspecified atom stereocenters. The van der Waals surface area contributed by atoms with Crippen molar-refractivity contribution in [3.05, 3.63) is 54.2 Å². The van der Waals surface area contributed by atoms with Crippen LogP contribution in [0.2, 0.25) is 0 Å². The second-order valence-corrected chi connectivity index (χ2v) is 5.66. The predicted octanol–water partition coefficient (Wildman–Crippen LogP) is 2.74. The van der Waals surface area contributed by atoms with Crippen molar-refractivity contribution in [3.63, 3.8) is 0 Å². The van der Waals surface area contributed by atoms with E-state index in [1.165, 1.54) is 12.7 Å². The second kappa shape index (κ2) is 6.71. The van der Waals surface area contributed by atoms with Gasteiger partial charge in [-0.1, -0.05) is 24.3 Å². The van der Waals surface area contributed by atoms with Crippen LogP contribution in [0.5, 0.6) is 0 Å². The highest BCUT2D eigenvalue weighted by atomic mass is 16.5. The number of benzene rings is 1. The van der Waals surface area contributed by atoms with Crippen LogP contribution in [-0.4, -0.2) is 36.1 Å². The smallest absolute Gasteiger partial charge is 0.310 e. The summed E-state index contributed by atoms with van der Waals surface area (Å²) < 4.78 is 4.84. The first-order valence-corrected chi connectivity index (χ1v) is 7.57. The van der Waals surface area contributed by atoms with E-state index in [-0.39, 0.29) is 11.9 Å². The number of carbonyl (C=O) groups excluding carboxylic acids is 1. The van der Waals surface area contributed by atoms with Crippen LogP contribution < -0.4 is 0 Å². The minimum absolute atomic E-state index is 0.0176. The molecule has 0 spiro atoms. The number of hydrogen-bond acceptors (Lipinski definition) is 4. The molecule has 4 nitrogen and oxygen atoms in total. The van der Waals surface area contributed by atoms with Gasteiger partial charge >= 0.3 is 5.97 Å². The standard InChI is InChI=1S/C18H20N2O2/c1-22-18(21)16-8-10-20(13-16)12-14-5-4-6-15(11-14)17-7-2-3-9-19-17/h2-7,9,11,16H,8,10,12-13H2,1H3/t16-/m1/s1.